The molecule has 8 nitrogen and oxygen atoms in total. The highest BCUT2D eigenvalue weighted by atomic mass is 16.5. The molecule has 0 saturated carbocycles. The Morgan fingerprint density at radius 1 is 1.03 bits per heavy atom. The maximum atomic E-state index is 13.1. The summed E-state index contributed by atoms with van der Waals surface area (Å²) in [5.41, 5.74) is 7.89. The first-order valence-corrected chi connectivity index (χ1v) is 10.4. The van der Waals surface area contributed by atoms with Crippen LogP contribution in [0, 0.1) is 0 Å². The van der Waals surface area contributed by atoms with Crippen LogP contribution in [0.2, 0.25) is 0 Å². The van der Waals surface area contributed by atoms with Gasteiger partial charge in [-0.15, -0.1) is 0 Å². The van der Waals surface area contributed by atoms with Crippen molar-refractivity contribution in [3.63, 3.8) is 0 Å². The number of nitrogens with zero attached hydrogens (tertiary/aromatic N) is 2. The predicted octanol–water partition coefficient (Wildman–Crippen LogP) is 2.63. The summed E-state index contributed by atoms with van der Waals surface area (Å²) in [6.07, 6.45) is 2.71. The zero-order valence-electron chi connectivity index (χ0n) is 17.4. The minimum Gasteiger partial charge on any atom is -0.445 e. The van der Waals surface area contributed by atoms with Gasteiger partial charge in [0.15, 0.2) is 5.84 Å². The van der Waals surface area contributed by atoms with Crippen molar-refractivity contribution in [2.24, 2.45) is 10.9 Å². The lowest BCUT2D eigenvalue weighted by Crippen LogP contribution is -2.51. The molecule has 4 N–H and O–H groups in total. The quantitative estimate of drug-likeness (QED) is 0.273. The molecule has 0 bridgehead atoms. The number of ether oxygens (including phenoxy) is 1. The molecule has 164 valence electrons. The van der Waals surface area contributed by atoms with E-state index in [1.807, 2.05) is 30.3 Å². The number of amides is 2. The maximum absolute atomic E-state index is 13.1. The molecule has 2 amide bonds. The number of carbonyl (C=O) groups excluding carboxylic acids is 2. The molecule has 0 radical (unpaired) electrons. The molecule has 2 aromatic rings. The first-order valence-electron chi connectivity index (χ1n) is 10.4. The number of likely N-dealkylation sites (tertiary alicyclic amines) is 1. The van der Waals surface area contributed by atoms with Crippen LogP contribution in [0.25, 0.3) is 0 Å². The van der Waals surface area contributed by atoms with Crippen molar-refractivity contribution < 1.29 is 19.5 Å². The number of piperidine rings is 1. The lowest BCUT2D eigenvalue weighted by atomic mass is 10.0. The van der Waals surface area contributed by atoms with Crippen LogP contribution < -0.4 is 11.1 Å². The minimum absolute atomic E-state index is 0.00936. The average molecular weight is 425 g/mol. The van der Waals surface area contributed by atoms with Crippen molar-refractivity contribution in [1.29, 1.82) is 0 Å². The summed E-state index contributed by atoms with van der Waals surface area (Å²) in [5.74, 6) is -0.105. The van der Waals surface area contributed by atoms with Gasteiger partial charge in [0.25, 0.3) is 0 Å². The van der Waals surface area contributed by atoms with Crippen molar-refractivity contribution >= 4 is 17.8 Å². The van der Waals surface area contributed by atoms with E-state index in [1.165, 1.54) is 0 Å². The third-order valence-electron chi connectivity index (χ3n) is 5.27. The summed E-state index contributed by atoms with van der Waals surface area (Å²) in [6, 6.07) is 15.6. The fourth-order valence-electron chi connectivity index (χ4n) is 3.55. The second-order valence-electron chi connectivity index (χ2n) is 7.53. The normalized spacial score (nSPS) is 15.2. The first-order chi connectivity index (χ1) is 15.1. The number of amidine groups is 1. The van der Waals surface area contributed by atoms with E-state index in [2.05, 4.69) is 10.5 Å². The molecular formula is C23H28N4O4. The van der Waals surface area contributed by atoms with Crippen LogP contribution in [0.4, 0.5) is 4.79 Å². The fourth-order valence-corrected chi connectivity index (χ4v) is 3.55. The van der Waals surface area contributed by atoms with Gasteiger partial charge in [0.2, 0.25) is 5.91 Å². The highest BCUT2D eigenvalue weighted by Crippen LogP contribution is 2.14. The average Bonchev–Trinajstić information content (AvgIpc) is 2.83. The van der Waals surface area contributed by atoms with Crippen LogP contribution in [0.3, 0.4) is 0 Å². The van der Waals surface area contributed by atoms with E-state index >= 15 is 0 Å². The smallest absolute Gasteiger partial charge is 0.408 e. The van der Waals surface area contributed by atoms with Crippen molar-refractivity contribution in [3.8, 4) is 0 Å². The largest absolute Gasteiger partial charge is 0.445 e. The molecule has 2 aromatic carbocycles. The van der Waals surface area contributed by atoms with Gasteiger partial charge in [-0.3, -0.25) is 4.79 Å². The molecule has 31 heavy (non-hydrogen) atoms. The van der Waals surface area contributed by atoms with Crippen LogP contribution in [0.1, 0.15) is 36.0 Å². The highest BCUT2D eigenvalue weighted by Gasteiger charge is 2.27. The lowest BCUT2D eigenvalue weighted by Gasteiger charge is -2.30. The Bertz CT molecular complexity index is 894. The van der Waals surface area contributed by atoms with Gasteiger partial charge in [-0.2, -0.15) is 0 Å². The number of hydrogen-bond acceptors (Lipinski definition) is 5. The van der Waals surface area contributed by atoms with Gasteiger partial charge in [0.05, 0.1) is 0 Å². The SMILES string of the molecule is N/C(=N\O)c1ccc(CC(NC(=O)OCc2ccccc2)C(=O)N2CCCCC2)cc1. The van der Waals surface area contributed by atoms with E-state index in [4.69, 9.17) is 15.7 Å². The van der Waals surface area contributed by atoms with E-state index in [9.17, 15) is 9.59 Å². The number of oxime groups is 1. The Labute approximate surface area is 181 Å². The van der Waals surface area contributed by atoms with Crippen LogP contribution in [-0.4, -0.2) is 47.1 Å². The van der Waals surface area contributed by atoms with Crippen molar-refractivity contribution in [3.05, 3.63) is 71.3 Å². The van der Waals surface area contributed by atoms with Crippen LogP contribution in [0.15, 0.2) is 59.8 Å². The Morgan fingerprint density at radius 2 is 1.71 bits per heavy atom. The van der Waals surface area contributed by atoms with Crippen molar-refractivity contribution in [2.75, 3.05) is 13.1 Å². The van der Waals surface area contributed by atoms with Crippen LogP contribution >= 0.6 is 0 Å². The van der Waals surface area contributed by atoms with E-state index in [0.29, 0.717) is 25.1 Å². The topological polar surface area (TPSA) is 117 Å². The van der Waals surface area contributed by atoms with E-state index in [0.717, 1.165) is 30.4 Å². The third-order valence-corrected chi connectivity index (χ3v) is 5.27. The number of nitrogens with one attached hydrogen (secondary N) is 1. The summed E-state index contributed by atoms with van der Waals surface area (Å²) < 4.78 is 5.32. The van der Waals surface area contributed by atoms with E-state index in [-0.39, 0.29) is 18.3 Å². The summed E-state index contributed by atoms with van der Waals surface area (Å²) >= 11 is 0. The predicted molar refractivity (Wildman–Crippen MR) is 117 cm³/mol. The second-order valence-corrected chi connectivity index (χ2v) is 7.53. The molecule has 3 rings (SSSR count). The fraction of sp³-hybridized carbons (Fsp3) is 0.348. The molecule has 1 atom stereocenters. The molecule has 1 heterocycles. The van der Waals surface area contributed by atoms with Gasteiger partial charge in [-0.25, -0.2) is 4.79 Å². The highest BCUT2D eigenvalue weighted by molar-refractivity contribution is 5.97. The Morgan fingerprint density at radius 3 is 2.35 bits per heavy atom. The Kier molecular flexibility index (Phi) is 7.86. The number of rotatable bonds is 7. The number of alkyl carbamates (subject to hydrolysis) is 1. The number of nitrogens with two attached hydrogens (primary N) is 1. The second kappa shape index (κ2) is 11.0. The molecule has 1 fully saturated rings. The van der Waals surface area contributed by atoms with Gasteiger partial charge in [0, 0.05) is 25.1 Å². The summed E-state index contributed by atoms with van der Waals surface area (Å²) in [7, 11) is 0. The number of benzene rings is 2. The Balaban J connectivity index is 1.68. The standard InChI is InChI=1S/C23H28N4O4/c24-21(26-30)19-11-9-17(10-12-19)15-20(22(28)27-13-5-2-6-14-27)25-23(29)31-16-18-7-3-1-4-8-18/h1,3-4,7-12,20,30H,2,5-6,13-16H2,(H2,24,26)(H,25,29). The molecule has 1 aliphatic heterocycles. The van der Waals surface area contributed by atoms with Gasteiger partial charge >= 0.3 is 6.09 Å². The summed E-state index contributed by atoms with van der Waals surface area (Å²) in [5, 5.41) is 14.5. The van der Waals surface area contributed by atoms with Gasteiger partial charge in [-0.1, -0.05) is 59.8 Å². The molecule has 0 spiro atoms. The lowest BCUT2D eigenvalue weighted by molar-refractivity contribution is -0.134. The zero-order chi connectivity index (χ0) is 22.1. The van der Waals surface area contributed by atoms with Crippen molar-refractivity contribution in [1.82, 2.24) is 10.2 Å². The molecule has 1 saturated heterocycles. The Hall–Kier alpha value is -3.55. The summed E-state index contributed by atoms with van der Waals surface area (Å²) in [4.78, 5) is 27.3. The minimum atomic E-state index is -0.740. The van der Waals surface area contributed by atoms with E-state index < -0.39 is 12.1 Å². The molecule has 1 aliphatic rings. The zero-order valence-corrected chi connectivity index (χ0v) is 17.4. The maximum Gasteiger partial charge on any atom is 0.408 e. The van der Waals surface area contributed by atoms with Crippen molar-refractivity contribution in [2.45, 2.75) is 38.3 Å². The monoisotopic (exact) mass is 424 g/mol. The third kappa shape index (κ3) is 6.47. The number of hydrogen-bond donors (Lipinski definition) is 3. The molecule has 1 unspecified atom stereocenters. The first kappa shape index (κ1) is 22.1. The van der Waals surface area contributed by atoms with Gasteiger partial charge in [-0.05, 0) is 30.4 Å². The van der Waals surface area contributed by atoms with E-state index in [1.54, 1.807) is 29.2 Å². The number of carbonyl (C=O) groups is 2. The molecular weight excluding hydrogens is 396 g/mol. The summed E-state index contributed by atoms with van der Waals surface area (Å²) in [6.45, 7) is 1.52. The van der Waals surface area contributed by atoms with Gasteiger partial charge in [0.1, 0.15) is 12.6 Å². The molecule has 8 heteroatoms. The molecule has 0 aliphatic carbocycles. The van der Waals surface area contributed by atoms with Gasteiger partial charge < -0.3 is 25.9 Å². The molecule has 0 aromatic heterocycles. The van der Waals surface area contributed by atoms with Crippen LogP contribution in [-0.2, 0) is 22.6 Å². The van der Waals surface area contributed by atoms with Crippen LogP contribution in [0.5, 0.6) is 0 Å².